The average Bonchev–Trinajstić information content (AvgIpc) is 2.77. The zero-order chi connectivity index (χ0) is 10.1. The lowest BCUT2D eigenvalue weighted by atomic mass is 10.0. The van der Waals surface area contributed by atoms with Gasteiger partial charge < -0.3 is 0 Å². The van der Waals surface area contributed by atoms with Gasteiger partial charge in [-0.05, 0) is 40.8 Å². The fourth-order valence-corrected chi connectivity index (χ4v) is 1.97. The smallest absolute Gasteiger partial charge is 0.00818 e. The van der Waals surface area contributed by atoms with Crippen LogP contribution in [0.4, 0.5) is 0 Å². The van der Waals surface area contributed by atoms with Gasteiger partial charge in [-0.15, -0.1) is 0 Å². The zero-order valence-electron chi connectivity index (χ0n) is 8.40. The van der Waals surface area contributed by atoms with Crippen molar-refractivity contribution in [3.05, 3.63) is 71.8 Å². The molecule has 0 atom stereocenters. The van der Waals surface area contributed by atoms with Crippen LogP contribution in [0.5, 0.6) is 0 Å². The quantitative estimate of drug-likeness (QED) is 0.645. The van der Waals surface area contributed by atoms with E-state index in [9.17, 15) is 0 Å². The Morgan fingerprint density at radius 1 is 0.867 bits per heavy atom. The van der Waals surface area contributed by atoms with Crippen molar-refractivity contribution in [2.75, 3.05) is 0 Å². The molecule has 0 spiro atoms. The van der Waals surface area contributed by atoms with Crippen molar-refractivity contribution in [2.24, 2.45) is 0 Å². The summed E-state index contributed by atoms with van der Waals surface area (Å²) in [5, 5.41) is 0. The van der Waals surface area contributed by atoms with E-state index >= 15 is 0 Å². The van der Waals surface area contributed by atoms with E-state index in [4.69, 9.17) is 0 Å². The van der Waals surface area contributed by atoms with Crippen LogP contribution in [0.2, 0.25) is 0 Å². The second-order valence-corrected chi connectivity index (χ2v) is 3.79. The third kappa shape index (κ3) is 1.48. The highest BCUT2D eigenvalue weighted by atomic mass is 14.1. The second kappa shape index (κ2) is 3.39. The highest BCUT2D eigenvalue weighted by Crippen LogP contribution is 2.25. The fourth-order valence-electron chi connectivity index (χ4n) is 1.97. The minimum absolute atomic E-state index is 1.03. The van der Waals surface area contributed by atoms with E-state index in [2.05, 4.69) is 54.6 Å². The Morgan fingerprint density at radius 3 is 2.60 bits per heavy atom. The van der Waals surface area contributed by atoms with Crippen molar-refractivity contribution >= 4 is 0 Å². The number of rotatable bonds is 1. The molecule has 0 amide bonds. The predicted molar refractivity (Wildman–Crippen MR) is 62.5 cm³/mol. The van der Waals surface area contributed by atoms with E-state index in [1.165, 1.54) is 22.3 Å². The van der Waals surface area contributed by atoms with E-state index < -0.39 is 0 Å². The standard InChI is InChI=1S/C15H11/c1-2-5-12(6-3-1)15-10-9-13-7-4-8-14(13)11-15/h1-6,9-11H,7H2. The van der Waals surface area contributed by atoms with Gasteiger partial charge in [0.15, 0.2) is 0 Å². The molecule has 15 heavy (non-hydrogen) atoms. The van der Waals surface area contributed by atoms with Gasteiger partial charge in [-0.1, -0.05) is 48.5 Å². The first-order valence-corrected chi connectivity index (χ1v) is 5.20. The third-order valence-electron chi connectivity index (χ3n) is 2.80. The summed E-state index contributed by atoms with van der Waals surface area (Å²) in [4.78, 5) is 0. The second-order valence-electron chi connectivity index (χ2n) is 3.79. The first kappa shape index (κ1) is 8.49. The van der Waals surface area contributed by atoms with Crippen molar-refractivity contribution in [3.8, 4) is 11.1 Å². The lowest BCUT2D eigenvalue weighted by molar-refractivity contribution is 1.31. The molecular formula is C15H11. The lowest BCUT2D eigenvalue weighted by Crippen LogP contribution is -1.83. The van der Waals surface area contributed by atoms with Crippen LogP contribution in [-0.4, -0.2) is 0 Å². The van der Waals surface area contributed by atoms with Crippen LogP contribution in [0.25, 0.3) is 11.1 Å². The Morgan fingerprint density at radius 2 is 1.73 bits per heavy atom. The molecule has 0 nitrogen and oxygen atoms in total. The minimum atomic E-state index is 1.03. The maximum Gasteiger partial charge on any atom is -0.00818 e. The van der Waals surface area contributed by atoms with Gasteiger partial charge in [0.05, 0.1) is 0 Å². The van der Waals surface area contributed by atoms with E-state index in [1.807, 2.05) is 6.07 Å². The summed E-state index contributed by atoms with van der Waals surface area (Å²) in [6, 6.07) is 17.1. The van der Waals surface area contributed by atoms with Gasteiger partial charge in [0.2, 0.25) is 0 Å². The number of benzene rings is 2. The van der Waals surface area contributed by atoms with Gasteiger partial charge in [0, 0.05) is 0 Å². The number of hydrogen-bond acceptors (Lipinski definition) is 0. The molecule has 0 N–H and O–H groups in total. The molecule has 0 heteroatoms. The Labute approximate surface area is 89.9 Å². The highest BCUT2D eigenvalue weighted by molar-refractivity contribution is 5.66. The number of fused-ring (bicyclic) bond motifs is 1. The topological polar surface area (TPSA) is 0 Å². The maximum atomic E-state index is 3.29. The minimum Gasteiger partial charge on any atom is -0.0716 e. The zero-order valence-corrected chi connectivity index (χ0v) is 8.40. The molecule has 0 unspecified atom stereocenters. The Kier molecular flexibility index (Phi) is 1.92. The molecule has 2 aromatic carbocycles. The molecule has 0 aliphatic heterocycles. The van der Waals surface area contributed by atoms with Gasteiger partial charge in [0.25, 0.3) is 0 Å². The summed E-state index contributed by atoms with van der Waals surface area (Å²) in [5.74, 6) is 0. The molecule has 1 aliphatic carbocycles. The molecule has 71 valence electrons. The van der Waals surface area contributed by atoms with Crippen LogP contribution in [0.1, 0.15) is 11.1 Å². The summed E-state index contributed by atoms with van der Waals surface area (Å²) < 4.78 is 0. The molecule has 0 fully saturated rings. The van der Waals surface area contributed by atoms with Gasteiger partial charge in [0.1, 0.15) is 0 Å². The van der Waals surface area contributed by atoms with Crippen molar-refractivity contribution in [2.45, 2.75) is 6.42 Å². The maximum absolute atomic E-state index is 3.29. The van der Waals surface area contributed by atoms with Crippen molar-refractivity contribution < 1.29 is 0 Å². The molecule has 2 aromatic rings. The van der Waals surface area contributed by atoms with E-state index in [-0.39, 0.29) is 0 Å². The van der Waals surface area contributed by atoms with Gasteiger partial charge in [-0.3, -0.25) is 0 Å². The van der Waals surface area contributed by atoms with Gasteiger partial charge in [-0.25, -0.2) is 0 Å². The van der Waals surface area contributed by atoms with Crippen LogP contribution in [-0.2, 0) is 6.42 Å². The largest absolute Gasteiger partial charge is 0.0716 e. The van der Waals surface area contributed by atoms with Crippen molar-refractivity contribution in [1.29, 1.82) is 0 Å². The van der Waals surface area contributed by atoms with Crippen LogP contribution in [0.3, 0.4) is 0 Å². The summed E-state index contributed by atoms with van der Waals surface area (Å²) in [6.45, 7) is 0. The van der Waals surface area contributed by atoms with Gasteiger partial charge >= 0.3 is 0 Å². The molecule has 0 saturated heterocycles. The third-order valence-corrected chi connectivity index (χ3v) is 2.80. The van der Waals surface area contributed by atoms with E-state index in [0.29, 0.717) is 0 Å². The van der Waals surface area contributed by atoms with Crippen molar-refractivity contribution in [1.82, 2.24) is 0 Å². The molecule has 3 rings (SSSR count). The Balaban J connectivity index is 2.11. The molecule has 0 saturated carbocycles. The van der Waals surface area contributed by atoms with E-state index in [0.717, 1.165) is 6.42 Å². The van der Waals surface area contributed by atoms with Crippen molar-refractivity contribution in [3.63, 3.8) is 0 Å². The summed E-state index contributed by atoms with van der Waals surface area (Å²) in [6.07, 6.45) is 6.41. The first-order chi connectivity index (χ1) is 7.43. The average molecular weight is 191 g/mol. The van der Waals surface area contributed by atoms with Gasteiger partial charge in [-0.2, -0.15) is 0 Å². The van der Waals surface area contributed by atoms with Crippen LogP contribution in [0.15, 0.2) is 54.6 Å². The molecule has 1 radical (unpaired) electrons. The summed E-state index contributed by atoms with van der Waals surface area (Å²) in [5.41, 5.74) is 5.18. The molecule has 0 heterocycles. The Bertz CT molecular complexity index is 507. The van der Waals surface area contributed by atoms with Crippen LogP contribution < -0.4 is 0 Å². The number of allylic oxidation sites excluding steroid dienone is 1. The summed E-state index contributed by atoms with van der Waals surface area (Å²) >= 11 is 0. The highest BCUT2D eigenvalue weighted by Gasteiger charge is 2.06. The monoisotopic (exact) mass is 191 g/mol. The molecule has 1 aliphatic rings. The first-order valence-electron chi connectivity index (χ1n) is 5.20. The molecule has 0 aromatic heterocycles. The fraction of sp³-hybridized carbons (Fsp3) is 0.0667. The Hall–Kier alpha value is -1.82. The molecular weight excluding hydrogens is 180 g/mol. The SMILES string of the molecule is [C]1=CCc2ccc(-c3ccccc3)cc21. The van der Waals surface area contributed by atoms with E-state index in [1.54, 1.807) is 0 Å². The summed E-state index contributed by atoms with van der Waals surface area (Å²) in [7, 11) is 0. The van der Waals surface area contributed by atoms with Crippen LogP contribution >= 0.6 is 0 Å². The lowest BCUT2D eigenvalue weighted by Gasteiger charge is -2.04. The molecule has 0 bridgehead atoms. The number of hydrogen-bond donors (Lipinski definition) is 0. The van der Waals surface area contributed by atoms with Crippen LogP contribution in [0, 0.1) is 6.08 Å². The predicted octanol–water partition coefficient (Wildman–Crippen LogP) is 3.62. The normalized spacial score (nSPS) is 12.8.